The Labute approximate surface area is 134 Å². The highest BCUT2D eigenvalue weighted by Gasteiger charge is 2.14. The first kappa shape index (κ1) is 16.3. The monoisotopic (exact) mass is 320 g/mol. The Balaban J connectivity index is 1.96. The van der Waals surface area contributed by atoms with Crippen molar-refractivity contribution in [2.45, 2.75) is 13.1 Å². The predicted molar refractivity (Wildman–Crippen MR) is 87.0 cm³/mol. The van der Waals surface area contributed by atoms with Gasteiger partial charge in [-0.1, -0.05) is 18.2 Å². The van der Waals surface area contributed by atoms with Crippen LogP contribution in [0.15, 0.2) is 41.1 Å². The average Bonchev–Trinajstić information content (AvgIpc) is 3.05. The van der Waals surface area contributed by atoms with E-state index >= 15 is 0 Å². The van der Waals surface area contributed by atoms with Crippen molar-refractivity contribution in [2.75, 3.05) is 20.3 Å². The van der Waals surface area contributed by atoms with E-state index in [0.717, 1.165) is 16.9 Å². The molecule has 118 valence electrons. The summed E-state index contributed by atoms with van der Waals surface area (Å²) in [6.07, 6.45) is 0. The molecule has 2 amide bonds. The van der Waals surface area contributed by atoms with Crippen molar-refractivity contribution >= 4 is 17.4 Å². The lowest BCUT2D eigenvalue weighted by Gasteiger charge is -2.22. The van der Waals surface area contributed by atoms with Gasteiger partial charge in [-0.3, -0.25) is 0 Å². The van der Waals surface area contributed by atoms with E-state index < -0.39 is 0 Å². The van der Waals surface area contributed by atoms with Crippen molar-refractivity contribution in [2.24, 2.45) is 0 Å². The molecule has 2 rings (SSSR count). The van der Waals surface area contributed by atoms with E-state index in [1.165, 1.54) is 0 Å². The smallest absolute Gasteiger partial charge is 0.318 e. The number of nitrogens with one attached hydrogen (secondary N) is 1. The molecule has 2 N–H and O–H groups in total. The summed E-state index contributed by atoms with van der Waals surface area (Å²) in [7, 11) is 1.61. The highest BCUT2D eigenvalue weighted by atomic mass is 32.1. The summed E-state index contributed by atoms with van der Waals surface area (Å²) in [6, 6.07) is 9.33. The minimum atomic E-state index is -0.203. The number of amides is 2. The number of benzene rings is 1. The van der Waals surface area contributed by atoms with E-state index in [0.29, 0.717) is 19.6 Å². The first-order chi connectivity index (χ1) is 10.7. The van der Waals surface area contributed by atoms with E-state index in [1.807, 2.05) is 41.1 Å². The van der Waals surface area contributed by atoms with Crippen LogP contribution in [0, 0.1) is 0 Å². The van der Waals surface area contributed by atoms with Gasteiger partial charge in [-0.25, -0.2) is 4.79 Å². The lowest BCUT2D eigenvalue weighted by Crippen LogP contribution is -2.40. The van der Waals surface area contributed by atoms with Gasteiger partial charge in [0, 0.05) is 25.2 Å². The number of aliphatic hydroxyl groups excluding tert-OH is 1. The van der Waals surface area contributed by atoms with Crippen molar-refractivity contribution in [3.8, 4) is 5.75 Å². The maximum atomic E-state index is 12.3. The molecule has 0 aliphatic rings. The van der Waals surface area contributed by atoms with Crippen LogP contribution in [0.2, 0.25) is 0 Å². The Morgan fingerprint density at radius 3 is 2.86 bits per heavy atom. The van der Waals surface area contributed by atoms with Gasteiger partial charge in [-0.15, -0.1) is 0 Å². The Morgan fingerprint density at radius 2 is 2.18 bits per heavy atom. The molecule has 1 heterocycles. The van der Waals surface area contributed by atoms with Crippen molar-refractivity contribution in [3.05, 3.63) is 52.2 Å². The van der Waals surface area contributed by atoms with Crippen molar-refractivity contribution in [1.82, 2.24) is 10.2 Å². The number of carbonyl (C=O) groups excluding carboxylic acids is 1. The van der Waals surface area contributed by atoms with Crippen LogP contribution < -0.4 is 10.1 Å². The molecule has 22 heavy (non-hydrogen) atoms. The molecular formula is C16H20N2O3S. The van der Waals surface area contributed by atoms with Crippen LogP contribution in [0.25, 0.3) is 0 Å². The molecule has 5 nitrogen and oxygen atoms in total. The minimum absolute atomic E-state index is 0.0633. The van der Waals surface area contributed by atoms with Crippen molar-refractivity contribution in [3.63, 3.8) is 0 Å². The zero-order valence-electron chi connectivity index (χ0n) is 12.5. The molecule has 6 heteroatoms. The average molecular weight is 320 g/mol. The van der Waals surface area contributed by atoms with Crippen LogP contribution in [0.1, 0.15) is 11.1 Å². The number of aliphatic hydroxyl groups is 1. The highest BCUT2D eigenvalue weighted by Crippen LogP contribution is 2.17. The largest absolute Gasteiger partial charge is 0.496 e. The fourth-order valence-electron chi connectivity index (χ4n) is 2.11. The number of nitrogens with zero attached hydrogens (tertiary/aromatic N) is 1. The second-order valence-electron chi connectivity index (χ2n) is 4.75. The fraction of sp³-hybridized carbons (Fsp3) is 0.312. The normalized spacial score (nSPS) is 10.3. The molecule has 1 aromatic heterocycles. The topological polar surface area (TPSA) is 61.8 Å². The third-order valence-electron chi connectivity index (χ3n) is 3.23. The molecule has 0 spiro atoms. The number of hydrogen-bond donors (Lipinski definition) is 2. The van der Waals surface area contributed by atoms with Gasteiger partial charge in [-0.05, 0) is 28.5 Å². The molecule has 0 fully saturated rings. The standard InChI is InChI=1S/C16H20N2O3S/c1-21-15-5-3-2-4-14(15)10-17-16(20)18(7-8-19)11-13-6-9-22-12-13/h2-6,9,12,19H,7-8,10-11H2,1H3,(H,17,20). The van der Waals surface area contributed by atoms with E-state index in [2.05, 4.69) is 5.32 Å². The van der Waals surface area contributed by atoms with Crippen LogP contribution in [0.5, 0.6) is 5.75 Å². The van der Waals surface area contributed by atoms with Gasteiger partial charge < -0.3 is 20.1 Å². The Morgan fingerprint density at radius 1 is 1.36 bits per heavy atom. The fourth-order valence-corrected chi connectivity index (χ4v) is 2.77. The SMILES string of the molecule is COc1ccccc1CNC(=O)N(CCO)Cc1ccsc1. The van der Waals surface area contributed by atoms with Crippen molar-refractivity contribution in [1.29, 1.82) is 0 Å². The zero-order chi connectivity index (χ0) is 15.8. The van der Waals surface area contributed by atoms with Gasteiger partial charge >= 0.3 is 6.03 Å². The molecule has 0 saturated heterocycles. The van der Waals surface area contributed by atoms with Gasteiger partial charge in [0.2, 0.25) is 0 Å². The summed E-state index contributed by atoms with van der Waals surface area (Å²) in [4.78, 5) is 13.9. The second kappa shape index (κ2) is 8.41. The van der Waals surface area contributed by atoms with Crippen LogP contribution >= 0.6 is 11.3 Å². The number of ether oxygens (including phenoxy) is 1. The summed E-state index contributed by atoms with van der Waals surface area (Å²) >= 11 is 1.59. The molecular weight excluding hydrogens is 300 g/mol. The summed E-state index contributed by atoms with van der Waals surface area (Å²) in [5.41, 5.74) is 1.98. The molecule has 0 atom stereocenters. The molecule has 1 aromatic carbocycles. The predicted octanol–water partition coefficient (Wildman–Crippen LogP) is 2.46. The molecule has 0 aliphatic heterocycles. The second-order valence-corrected chi connectivity index (χ2v) is 5.53. The first-order valence-electron chi connectivity index (χ1n) is 7.01. The summed E-state index contributed by atoms with van der Waals surface area (Å²) < 4.78 is 5.27. The Kier molecular flexibility index (Phi) is 6.24. The van der Waals surface area contributed by atoms with E-state index in [4.69, 9.17) is 9.84 Å². The minimum Gasteiger partial charge on any atom is -0.496 e. The first-order valence-corrected chi connectivity index (χ1v) is 7.95. The van der Waals surface area contributed by atoms with E-state index in [1.54, 1.807) is 23.3 Å². The Hall–Kier alpha value is -2.05. The number of urea groups is 1. The Bertz CT molecular complexity index is 587. The maximum absolute atomic E-state index is 12.3. The highest BCUT2D eigenvalue weighted by molar-refractivity contribution is 7.07. The molecule has 0 aliphatic carbocycles. The summed E-state index contributed by atoms with van der Waals surface area (Å²) in [5.74, 6) is 0.745. The van der Waals surface area contributed by atoms with Gasteiger partial charge in [0.05, 0.1) is 13.7 Å². The molecule has 0 bridgehead atoms. The molecule has 0 saturated carbocycles. The van der Waals surface area contributed by atoms with Gasteiger partial charge in [0.25, 0.3) is 0 Å². The third-order valence-corrected chi connectivity index (χ3v) is 3.97. The summed E-state index contributed by atoms with van der Waals surface area (Å²) in [5, 5.41) is 16.0. The van der Waals surface area contributed by atoms with Gasteiger partial charge in [-0.2, -0.15) is 11.3 Å². The van der Waals surface area contributed by atoms with Crippen molar-refractivity contribution < 1.29 is 14.6 Å². The molecule has 0 radical (unpaired) electrons. The van der Waals surface area contributed by atoms with Crippen LogP contribution in [-0.2, 0) is 13.1 Å². The zero-order valence-corrected chi connectivity index (χ0v) is 13.3. The van der Waals surface area contributed by atoms with Gasteiger partial charge in [0.15, 0.2) is 0 Å². The maximum Gasteiger partial charge on any atom is 0.318 e. The number of rotatable bonds is 7. The van der Waals surface area contributed by atoms with Crippen LogP contribution in [0.3, 0.4) is 0 Å². The number of hydrogen-bond acceptors (Lipinski definition) is 4. The third kappa shape index (κ3) is 4.47. The molecule has 2 aromatic rings. The number of methoxy groups -OCH3 is 1. The number of thiophene rings is 1. The van der Waals surface area contributed by atoms with E-state index in [9.17, 15) is 4.79 Å². The number of para-hydroxylation sites is 1. The number of carbonyl (C=O) groups is 1. The van der Waals surface area contributed by atoms with E-state index in [-0.39, 0.29) is 12.6 Å². The van der Waals surface area contributed by atoms with Gasteiger partial charge in [0.1, 0.15) is 5.75 Å². The molecule has 0 unspecified atom stereocenters. The lowest BCUT2D eigenvalue weighted by molar-refractivity contribution is 0.173. The quantitative estimate of drug-likeness (QED) is 0.824. The lowest BCUT2D eigenvalue weighted by atomic mass is 10.2. The van der Waals surface area contributed by atoms with Crippen LogP contribution in [0.4, 0.5) is 4.79 Å². The van der Waals surface area contributed by atoms with Crippen LogP contribution in [-0.4, -0.2) is 36.3 Å². The summed E-state index contributed by atoms with van der Waals surface area (Å²) in [6.45, 7) is 1.11.